The number of aliphatic imine (C=N–C) groups is 1. The van der Waals surface area contributed by atoms with Crippen molar-refractivity contribution in [3.8, 4) is 0 Å². The Morgan fingerprint density at radius 3 is 2.26 bits per heavy atom. The first-order valence-electron chi connectivity index (χ1n) is 7.40. The number of rotatable bonds is 4. The molecule has 1 aromatic carbocycles. The number of nitrogens with two attached hydrogens (primary N) is 1. The van der Waals surface area contributed by atoms with Crippen LogP contribution in [-0.2, 0) is 6.54 Å². The van der Waals surface area contributed by atoms with E-state index in [1.54, 1.807) is 0 Å². The molecule has 0 aliphatic rings. The van der Waals surface area contributed by atoms with Crippen molar-refractivity contribution in [3.63, 3.8) is 0 Å². The maximum atomic E-state index is 11.6. The van der Waals surface area contributed by atoms with Crippen LogP contribution in [0.1, 0.15) is 40.2 Å². The van der Waals surface area contributed by atoms with Gasteiger partial charge in [0, 0.05) is 17.3 Å². The van der Waals surface area contributed by atoms with Gasteiger partial charge in [-0.2, -0.15) is 0 Å². The molecule has 130 valence electrons. The van der Waals surface area contributed by atoms with E-state index in [0.29, 0.717) is 12.5 Å². The normalized spacial score (nSPS) is 11.7. The minimum absolute atomic E-state index is 0. The topological polar surface area (TPSA) is 91.5 Å². The van der Waals surface area contributed by atoms with Crippen molar-refractivity contribution in [1.29, 1.82) is 0 Å². The lowest BCUT2D eigenvalue weighted by molar-refractivity contribution is 0.250. The number of benzene rings is 1. The molecule has 1 aromatic rings. The largest absolute Gasteiger partial charge is 0.370 e. The van der Waals surface area contributed by atoms with Gasteiger partial charge in [0.1, 0.15) is 0 Å². The minimum atomic E-state index is -0.209. The SMILES string of the molecule is CC(C)NC(=O)Nc1ccc(CN=C(N)NC(C)(C)C)cc1.I. The molecule has 0 saturated carbocycles. The van der Waals surface area contributed by atoms with E-state index in [1.807, 2.05) is 58.9 Å². The number of hydrogen-bond acceptors (Lipinski definition) is 2. The Balaban J connectivity index is 0.00000484. The van der Waals surface area contributed by atoms with Gasteiger partial charge in [0.25, 0.3) is 0 Å². The molecule has 23 heavy (non-hydrogen) atoms. The van der Waals surface area contributed by atoms with Crippen molar-refractivity contribution >= 4 is 41.7 Å². The smallest absolute Gasteiger partial charge is 0.319 e. The summed E-state index contributed by atoms with van der Waals surface area (Å²) in [7, 11) is 0. The number of nitrogens with zero attached hydrogens (tertiary/aromatic N) is 1. The molecule has 7 heteroatoms. The molecule has 1 rings (SSSR count). The highest BCUT2D eigenvalue weighted by Gasteiger charge is 2.09. The molecule has 0 heterocycles. The van der Waals surface area contributed by atoms with Crippen molar-refractivity contribution in [1.82, 2.24) is 10.6 Å². The van der Waals surface area contributed by atoms with Gasteiger partial charge in [-0.3, -0.25) is 0 Å². The number of carbonyl (C=O) groups excluding carboxylic acids is 1. The maximum absolute atomic E-state index is 11.6. The molecule has 5 N–H and O–H groups in total. The molecule has 0 aliphatic carbocycles. The molecule has 6 nitrogen and oxygen atoms in total. The Morgan fingerprint density at radius 2 is 1.78 bits per heavy atom. The van der Waals surface area contributed by atoms with Gasteiger partial charge in [0.15, 0.2) is 5.96 Å². The van der Waals surface area contributed by atoms with Crippen molar-refractivity contribution in [2.75, 3.05) is 5.32 Å². The molecule has 0 bridgehead atoms. The molecule has 0 fully saturated rings. The van der Waals surface area contributed by atoms with Gasteiger partial charge in [-0.15, -0.1) is 24.0 Å². The van der Waals surface area contributed by atoms with Crippen LogP contribution in [0, 0.1) is 0 Å². The fraction of sp³-hybridized carbons (Fsp3) is 0.500. The van der Waals surface area contributed by atoms with Crippen LogP contribution in [0.5, 0.6) is 0 Å². The van der Waals surface area contributed by atoms with Crippen LogP contribution in [0.2, 0.25) is 0 Å². The van der Waals surface area contributed by atoms with Gasteiger partial charge in [0.2, 0.25) is 0 Å². The second-order valence-electron chi connectivity index (χ2n) is 6.53. The molecular weight excluding hydrogens is 405 g/mol. The van der Waals surface area contributed by atoms with Crippen molar-refractivity contribution in [2.24, 2.45) is 10.7 Å². The molecule has 0 radical (unpaired) electrons. The fourth-order valence-corrected chi connectivity index (χ4v) is 1.72. The van der Waals surface area contributed by atoms with E-state index in [9.17, 15) is 4.79 Å². The second kappa shape index (κ2) is 9.59. The average molecular weight is 433 g/mol. The second-order valence-corrected chi connectivity index (χ2v) is 6.53. The predicted octanol–water partition coefficient (Wildman–Crippen LogP) is 3.04. The van der Waals surface area contributed by atoms with Gasteiger partial charge in [-0.25, -0.2) is 9.79 Å². The van der Waals surface area contributed by atoms with Gasteiger partial charge >= 0.3 is 6.03 Å². The highest BCUT2D eigenvalue weighted by atomic mass is 127. The zero-order valence-electron chi connectivity index (χ0n) is 14.4. The monoisotopic (exact) mass is 433 g/mol. The number of nitrogens with one attached hydrogen (secondary N) is 3. The summed E-state index contributed by atoms with van der Waals surface area (Å²) in [6, 6.07) is 7.42. The number of guanidine groups is 1. The maximum Gasteiger partial charge on any atom is 0.319 e. The lowest BCUT2D eigenvalue weighted by atomic mass is 10.1. The predicted molar refractivity (Wildman–Crippen MR) is 107 cm³/mol. The van der Waals surface area contributed by atoms with E-state index in [0.717, 1.165) is 11.3 Å². The summed E-state index contributed by atoms with van der Waals surface area (Å²) < 4.78 is 0. The van der Waals surface area contributed by atoms with Crippen molar-refractivity contribution in [3.05, 3.63) is 29.8 Å². The van der Waals surface area contributed by atoms with Crippen LogP contribution in [0.4, 0.5) is 10.5 Å². The number of anilines is 1. The fourth-order valence-electron chi connectivity index (χ4n) is 1.72. The molecular formula is C16H28IN5O. The minimum Gasteiger partial charge on any atom is -0.370 e. The summed E-state index contributed by atoms with van der Waals surface area (Å²) >= 11 is 0. The van der Waals surface area contributed by atoms with E-state index >= 15 is 0 Å². The van der Waals surface area contributed by atoms with Gasteiger partial charge in [-0.1, -0.05) is 12.1 Å². The quantitative estimate of drug-likeness (QED) is 0.334. The van der Waals surface area contributed by atoms with Crippen LogP contribution in [0.15, 0.2) is 29.3 Å². The lowest BCUT2D eigenvalue weighted by Gasteiger charge is -2.21. The zero-order valence-corrected chi connectivity index (χ0v) is 16.8. The number of hydrogen-bond donors (Lipinski definition) is 4. The van der Waals surface area contributed by atoms with Crippen LogP contribution in [-0.4, -0.2) is 23.6 Å². The molecule has 0 spiro atoms. The standard InChI is InChI=1S/C16H27N5O.HI/c1-11(2)19-15(22)20-13-8-6-12(7-9-13)10-18-14(17)21-16(3,4)5;/h6-9,11H,10H2,1-5H3,(H3,17,18,21)(H2,19,20,22);1H. The summed E-state index contributed by atoms with van der Waals surface area (Å²) in [5.41, 5.74) is 7.48. The first kappa shape index (κ1) is 21.5. The Labute approximate surface area is 155 Å². The molecule has 0 atom stereocenters. The van der Waals surface area contributed by atoms with Gasteiger partial charge in [-0.05, 0) is 52.3 Å². The van der Waals surface area contributed by atoms with E-state index in [4.69, 9.17) is 5.73 Å². The van der Waals surface area contributed by atoms with E-state index < -0.39 is 0 Å². The summed E-state index contributed by atoms with van der Waals surface area (Å²) in [4.78, 5) is 15.9. The number of amides is 2. The third-order valence-corrected chi connectivity index (χ3v) is 2.57. The van der Waals surface area contributed by atoms with Crippen molar-refractivity contribution in [2.45, 2.75) is 52.7 Å². The van der Waals surface area contributed by atoms with Crippen molar-refractivity contribution < 1.29 is 4.79 Å². The van der Waals surface area contributed by atoms with Crippen LogP contribution < -0.4 is 21.7 Å². The Bertz CT molecular complexity index is 520. The molecule has 0 aromatic heterocycles. The summed E-state index contributed by atoms with van der Waals surface area (Å²) in [6.07, 6.45) is 0. The Kier molecular flexibility index (Phi) is 8.96. The third kappa shape index (κ3) is 9.98. The van der Waals surface area contributed by atoms with Gasteiger partial charge < -0.3 is 21.7 Å². The molecule has 0 saturated heterocycles. The van der Waals surface area contributed by atoms with E-state index in [1.165, 1.54) is 0 Å². The first-order chi connectivity index (χ1) is 10.2. The summed E-state index contributed by atoms with van der Waals surface area (Å²) in [6.45, 7) is 10.4. The lowest BCUT2D eigenvalue weighted by Crippen LogP contribution is -2.44. The molecule has 0 unspecified atom stereocenters. The summed E-state index contributed by atoms with van der Waals surface area (Å²) in [5, 5.41) is 8.65. The van der Waals surface area contributed by atoms with Crippen LogP contribution in [0.3, 0.4) is 0 Å². The zero-order chi connectivity index (χ0) is 16.8. The van der Waals surface area contributed by atoms with Crippen LogP contribution in [0.25, 0.3) is 0 Å². The molecule has 2 amide bonds. The Morgan fingerprint density at radius 1 is 1.22 bits per heavy atom. The van der Waals surface area contributed by atoms with E-state index in [2.05, 4.69) is 20.9 Å². The van der Waals surface area contributed by atoms with Crippen LogP contribution >= 0.6 is 24.0 Å². The van der Waals surface area contributed by atoms with Gasteiger partial charge in [0.05, 0.1) is 6.54 Å². The highest BCUT2D eigenvalue weighted by Crippen LogP contribution is 2.10. The number of urea groups is 1. The number of halogens is 1. The Hall–Kier alpha value is -1.51. The van der Waals surface area contributed by atoms with E-state index in [-0.39, 0.29) is 41.6 Å². The first-order valence-corrected chi connectivity index (χ1v) is 7.40. The third-order valence-electron chi connectivity index (χ3n) is 2.57. The average Bonchev–Trinajstić information content (AvgIpc) is 2.35. The summed E-state index contributed by atoms with van der Waals surface area (Å²) in [5.74, 6) is 0.422. The number of carbonyl (C=O) groups is 1. The molecule has 0 aliphatic heterocycles. The highest BCUT2D eigenvalue weighted by molar-refractivity contribution is 14.0.